The second-order valence-electron chi connectivity index (χ2n) is 4.81. The first kappa shape index (κ1) is 16.8. The molecule has 6 heteroatoms. The van der Waals surface area contributed by atoms with Crippen LogP contribution in [0.25, 0.3) is 0 Å². The summed E-state index contributed by atoms with van der Waals surface area (Å²) >= 11 is 0. The number of nitrogens with one attached hydrogen (secondary N) is 1. The van der Waals surface area contributed by atoms with Gasteiger partial charge in [0.25, 0.3) is 5.69 Å². The van der Waals surface area contributed by atoms with Gasteiger partial charge in [-0.3, -0.25) is 14.9 Å². The molecule has 0 aliphatic carbocycles. The summed E-state index contributed by atoms with van der Waals surface area (Å²) in [5.41, 5.74) is 3.01. The van der Waals surface area contributed by atoms with E-state index in [1.807, 2.05) is 0 Å². The molecule has 0 radical (unpaired) electrons. The van der Waals surface area contributed by atoms with E-state index in [0.717, 1.165) is 19.3 Å². The third kappa shape index (κ3) is 7.20. The third-order valence-corrected chi connectivity index (χ3v) is 2.99. The Morgan fingerprint density at radius 3 is 2.81 bits per heavy atom. The van der Waals surface area contributed by atoms with Gasteiger partial charge in [0, 0.05) is 24.1 Å². The smallest absolute Gasteiger partial charge is 0.270 e. The number of nitro benzene ring substituents is 1. The van der Waals surface area contributed by atoms with E-state index in [0.29, 0.717) is 12.0 Å². The van der Waals surface area contributed by atoms with Crippen molar-refractivity contribution in [2.45, 2.75) is 45.4 Å². The standard InChI is InChI=1S/C15H21N3O3/c1-2-3-4-5-6-10-15(19)17-16-12-13-8-7-9-14(11-13)18(20)21/h7-9,11-12H,2-6,10H2,1H3,(H,17,19). The number of carbonyl (C=O) groups is 1. The number of nitrogens with zero attached hydrogens (tertiary/aromatic N) is 2. The van der Waals surface area contributed by atoms with Gasteiger partial charge in [0.15, 0.2) is 0 Å². The van der Waals surface area contributed by atoms with Crippen LogP contribution in [0.1, 0.15) is 51.0 Å². The molecule has 0 aromatic heterocycles. The molecule has 0 atom stereocenters. The number of benzene rings is 1. The second kappa shape index (κ2) is 9.63. The molecule has 0 aliphatic heterocycles. The van der Waals surface area contributed by atoms with Crippen LogP contribution in [0, 0.1) is 10.1 Å². The van der Waals surface area contributed by atoms with Crippen molar-refractivity contribution in [3.8, 4) is 0 Å². The molecular weight excluding hydrogens is 270 g/mol. The maximum atomic E-state index is 11.5. The summed E-state index contributed by atoms with van der Waals surface area (Å²) in [6, 6.07) is 6.08. The van der Waals surface area contributed by atoms with Crippen LogP contribution in [-0.4, -0.2) is 17.0 Å². The molecule has 0 fully saturated rings. The Bertz CT molecular complexity index is 501. The molecule has 1 aromatic rings. The number of hydrogen-bond acceptors (Lipinski definition) is 4. The summed E-state index contributed by atoms with van der Waals surface area (Å²) < 4.78 is 0. The van der Waals surface area contributed by atoms with Gasteiger partial charge in [0.2, 0.25) is 5.91 Å². The fourth-order valence-electron chi connectivity index (χ4n) is 1.84. The highest BCUT2D eigenvalue weighted by molar-refractivity contribution is 5.83. The van der Waals surface area contributed by atoms with Crippen molar-refractivity contribution in [2.75, 3.05) is 0 Å². The van der Waals surface area contributed by atoms with Gasteiger partial charge in [-0.25, -0.2) is 5.43 Å². The monoisotopic (exact) mass is 291 g/mol. The van der Waals surface area contributed by atoms with Crippen molar-refractivity contribution in [1.29, 1.82) is 0 Å². The SMILES string of the molecule is CCCCCCCC(=O)NN=Cc1cccc([N+](=O)[O-])c1. The molecule has 21 heavy (non-hydrogen) atoms. The van der Waals surface area contributed by atoms with E-state index < -0.39 is 4.92 Å². The molecule has 0 bridgehead atoms. The third-order valence-electron chi connectivity index (χ3n) is 2.99. The average Bonchev–Trinajstić information content (AvgIpc) is 2.47. The molecule has 1 rings (SSSR count). The van der Waals surface area contributed by atoms with E-state index in [-0.39, 0.29) is 11.6 Å². The van der Waals surface area contributed by atoms with Crippen LogP contribution in [0.2, 0.25) is 0 Å². The van der Waals surface area contributed by atoms with Crippen molar-refractivity contribution in [3.63, 3.8) is 0 Å². The zero-order chi connectivity index (χ0) is 15.5. The number of non-ortho nitro benzene ring substituents is 1. The fourth-order valence-corrected chi connectivity index (χ4v) is 1.84. The molecule has 0 spiro atoms. The van der Waals surface area contributed by atoms with Crippen molar-refractivity contribution < 1.29 is 9.72 Å². The number of carbonyl (C=O) groups excluding carboxylic acids is 1. The Morgan fingerprint density at radius 2 is 2.10 bits per heavy atom. The molecule has 1 amide bonds. The number of hydrogen-bond donors (Lipinski definition) is 1. The van der Waals surface area contributed by atoms with Gasteiger partial charge in [-0.1, -0.05) is 44.7 Å². The average molecular weight is 291 g/mol. The van der Waals surface area contributed by atoms with Gasteiger partial charge in [0.05, 0.1) is 11.1 Å². The molecule has 114 valence electrons. The van der Waals surface area contributed by atoms with E-state index in [1.165, 1.54) is 31.2 Å². The largest absolute Gasteiger partial charge is 0.273 e. The Balaban J connectivity index is 2.32. The van der Waals surface area contributed by atoms with E-state index in [2.05, 4.69) is 17.5 Å². The lowest BCUT2D eigenvalue weighted by atomic mass is 10.1. The maximum Gasteiger partial charge on any atom is 0.270 e. The van der Waals surface area contributed by atoms with Crippen molar-refractivity contribution in [3.05, 3.63) is 39.9 Å². The highest BCUT2D eigenvalue weighted by Crippen LogP contribution is 2.11. The molecule has 0 saturated carbocycles. The summed E-state index contributed by atoms with van der Waals surface area (Å²) in [5.74, 6) is -0.131. The fraction of sp³-hybridized carbons (Fsp3) is 0.467. The molecule has 6 nitrogen and oxygen atoms in total. The zero-order valence-electron chi connectivity index (χ0n) is 12.2. The number of nitro groups is 1. The van der Waals surface area contributed by atoms with Gasteiger partial charge in [-0.15, -0.1) is 0 Å². The van der Waals surface area contributed by atoms with Crippen LogP contribution in [-0.2, 0) is 4.79 Å². The minimum atomic E-state index is -0.466. The van der Waals surface area contributed by atoms with Crippen molar-refractivity contribution in [1.82, 2.24) is 5.43 Å². The molecule has 0 unspecified atom stereocenters. The normalized spacial score (nSPS) is 10.7. The lowest BCUT2D eigenvalue weighted by Gasteiger charge is -2.00. The summed E-state index contributed by atoms with van der Waals surface area (Å²) in [5, 5.41) is 14.4. The molecular formula is C15H21N3O3. The Hall–Kier alpha value is -2.24. The highest BCUT2D eigenvalue weighted by atomic mass is 16.6. The van der Waals surface area contributed by atoms with E-state index >= 15 is 0 Å². The molecule has 0 aliphatic rings. The van der Waals surface area contributed by atoms with Crippen LogP contribution in [0.4, 0.5) is 5.69 Å². The number of amides is 1. The predicted octanol–water partition coefficient (Wildman–Crippen LogP) is 3.41. The first-order chi connectivity index (χ1) is 10.1. The summed E-state index contributed by atoms with van der Waals surface area (Å²) in [4.78, 5) is 21.7. The topological polar surface area (TPSA) is 84.6 Å². The zero-order valence-corrected chi connectivity index (χ0v) is 12.2. The molecule has 1 N–H and O–H groups in total. The van der Waals surface area contributed by atoms with E-state index in [1.54, 1.807) is 12.1 Å². The maximum absolute atomic E-state index is 11.5. The van der Waals surface area contributed by atoms with Crippen LogP contribution in [0.5, 0.6) is 0 Å². The molecule has 1 aromatic carbocycles. The van der Waals surface area contributed by atoms with Crippen LogP contribution >= 0.6 is 0 Å². The Morgan fingerprint density at radius 1 is 1.33 bits per heavy atom. The first-order valence-electron chi connectivity index (χ1n) is 7.20. The van der Waals surface area contributed by atoms with Crippen LogP contribution in [0.15, 0.2) is 29.4 Å². The number of rotatable bonds is 9. The summed E-state index contributed by atoms with van der Waals surface area (Å²) in [6.45, 7) is 2.15. The van der Waals surface area contributed by atoms with Gasteiger partial charge < -0.3 is 0 Å². The number of unbranched alkanes of at least 4 members (excludes halogenated alkanes) is 4. The Kier molecular flexibility index (Phi) is 7.71. The number of hydrazone groups is 1. The van der Waals surface area contributed by atoms with Crippen molar-refractivity contribution >= 4 is 17.8 Å². The molecule has 0 heterocycles. The quantitative estimate of drug-likeness (QED) is 0.327. The minimum Gasteiger partial charge on any atom is -0.273 e. The van der Waals surface area contributed by atoms with E-state index in [9.17, 15) is 14.9 Å². The van der Waals surface area contributed by atoms with Gasteiger partial charge in [0.1, 0.15) is 0 Å². The minimum absolute atomic E-state index is 0.00111. The lowest BCUT2D eigenvalue weighted by Crippen LogP contribution is -2.16. The predicted molar refractivity (Wildman–Crippen MR) is 82.2 cm³/mol. The molecule has 0 saturated heterocycles. The van der Waals surface area contributed by atoms with Gasteiger partial charge >= 0.3 is 0 Å². The van der Waals surface area contributed by atoms with Gasteiger partial charge in [-0.2, -0.15) is 5.10 Å². The van der Waals surface area contributed by atoms with E-state index in [4.69, 9.17) is 0 Å². The summed E-state index contributed by atoms with van der Waals surface area (Å²) in [7, 11) is 0. The Labute approximate surface area is 124 Å². The van der Waals surface area contributed by atoms with Crippen LogP contribution in [0.3, 0.4) is 0 Å². The second-order valence-corrected chi connectivity index (χ2v) is 4.81. The van der Waals surface area contributed by atoms with Crippen LogP contribution < -0.4 is 5.43 Å². The highest BCUT2D eigenvalue weighted by Gasteiger charge is 2.04. The lowest BCUT2D eigenvalue weighted by molar-refractivity contribution is -0.384. The first-order valence-corrected chi connectivity index (χ1v) is 7.20. The van der Waals surface area contributed by atoms with Gasteiger partial charge in [-0.05, 0) is 6.42 Å². The summed E-state index contributed by atoms with van der Waals surface area (Å²) in [6.07, 6.45) is 7.30. The van der Waals surface area contributed by atoms with Crippen molar-refractivity contribution in [2.24, 2.45) is 5.10 Å².